The van der Waals surface area contributed by atoms with E-state index >= 15 is 0 Å². The number of anilines is 1. The van der Waals surface area contributed by atoms with Crippen LogP contribution in [0.1, 0.15) is 12.8 Å². The van der Waals surface area contributed by atoms with E-state index in [1.165, 1.54) is 12.1 Å². The van der Waals surface area contributed by atoms with Gasteiger partial charge in [-0.25, -0.2) is 4.39 Å². The van der Waals surface area contributed by atoms with Gasteiger partial charge in [-0.3, -0.25) is 4.21 Å². The summed E-state index contributed by atoms with van der Waals surface area (Å²) < 4.78 is 24.6. The van der Waals surface area contributed by atoms with Crippen LogP contribution in [-0.4, -0.2) is 9.96 Å². The highest BCUT2D eigenvalue weighted by Gasteiger charge is 2.24. The smallest absolute Gasteiger partial charge is 0.126 e. The molecule has 76 valence electrons. The van der Waals surface area contributed by atoms with E-state index in [9.17, 15) is 8.60 Å². The highest BCUT2D eigenvalue weighted by atomic mass is 32.2. The highest BCUT2D eigenvalue weighted by Crippen LogP contribution is 2.31. The van der Waals surface area contributed by atoms with Crippen molar-refractivity contribution in [3.8, 4) is 0 Å². The largest absolute Gasteiger partial charge is 0.399 e. The fourth-order valence-electron chi connectivity index (χ4n) is 1.31. The van der Waals surface area contributed by atoms with Gasteiger partial charge in [0.1, 0.15) is 5.82 Å². The Morgan fingerprint density at radius 3 is 2.71 bits per heavy atom. The van der Waals surface area contributed by atoms with Gasteiger partial charge in [-0.1, -0.05) is 0 Å². The van der Waals surface area contributed by atoms with Crippen molar-refractivity contribution in [3.63, 3.8) is 0 Å². The second kappa shape index (κ2) is 3.69. The minimum absolute atomic E-state index is 0.337. The molecule has 1 atom stereocenters. The van der Waals surface area contributed by atoms with Crippen LogP contribution in [0.2, 0.25) is 0 Å². The maximum atomic E-state index is 12.9. The predicted molar refractivity (Wildman–Crippen MR) is 54.8 cm³/mol. The lowest BCUT2D eigenvalue weighted by atomic mass is 10.3. The minimum atomic E-state index is -1.09. The minimum Gasteiger partial charge on any atom is -0.399 e. The van der Waals surface area contributed by atoms with Crippen LogP contribution >= 0.6 is 0 Å². The van der Waals surface area contributed by atoms with Gasteiger partial charge in [0.25, 0.3) is 0 Å². The summed E-state index contributed by atoms with van der Waals surface area (Å²) in [6.45, 7) is 0. The molecule has 1 unspecified atom stereocenters. The molecule has 14 heavy (non-hydrogen) atoms. The Morgan fingerprint density at radius 2 is 2.14 bits per heavy atom. The predicted octanol–water partition coefficient (Wildman–Crippen LogP) is 1.93. The molecule has 2 rings (SSSR count). The Kier molecular flexibility index (Phi) is 2.54. The van der Waals surface area contributed by atoms with E-state index in [4.69, 9.17) is 5.73 Å². The molecule has 0 radical (unpaired) electrons. The van der Waals surface area contributed by atoms with Crippen LogP contribution in [0.4, 0.5) is 10.1 Å². The third-order valence-electron chi connectivity index (χ3n) is 2.24. The Hall–Kier alpha value is -0.900. The molecule has 1 aromatic rings. The number of benzene rings is 1. The molecule has 1 aliphatic carbocycles. The molecule has 4 heteroatoms. The first-order valence-corrected chi connectivity index (χ1v) is 5.91. The summed E-state index contributed by atoms with van der Waals surface area (Å²) in [5.74, 6) is 0.799. The first-order chi connectivity index (χ1) is 6.65. The van der Waals surface area contributed by atoms with E-state index in [0.717, 1.165) is 12.8 Å². The summed E-state index contributed by atoms with van der Waals surface area (Å²) in [5, 5.41) is 0. The van der Waals surface area contributed by atoms with Crippen molar-refractivity contribution in [3.05, 3.63) is 24.0 Å². The summed E-state index contributed by atoms with van der Waals surface area (Å²) in [4.78, 5) is 0.509. The van der Waals surface area contributed by atoms with E-state index < -0.39 is 16.6 Å². The first kappa shape index (κ1) is 9.65. The number of hydrogen-bond acceptors (Lipinski definition) is 2. The summed E-state index contributed by atoms with van der Waals surface area (Å²) in [7, 11) is -1.09. The van der Waals surface area contributed by atoms with Crippen molar-refractivity contribution in [2.75, 3.05) is 11.5 Å². The molecule has 1 fully saturated rings. The van der Waals surface area contributed by atoms with Crippen molar-refractivity contribution in [1.82, 2.24) is 0 Å². The molecule has 1 aromatic carbocycles. The summed E-state index contributed by atoms with van der Waals surface area (Å²) in [6.07, 6.45) is 2.30. The lowest BCUT2D eigenvalue weighted by molar-refractivity contribution is 0.623. The van der Waals surface area contributed by atoms with Crippen LogP contribution in [0.15, 0.2) is 23.1 Å². The molecule has 0 heterocycles. The summed E-state index contributed by atoms with van der Waals surface area (Å²) in [5.41, 5.74) is 5.81. The molecule has 2 nitrogen and oxygen atoms in total. The third kappa shape index (κ3) is 2.32. The van der Waals surface area contributed by atoms with Crippen molar-refractivity contribution in [1.29, 1.82) is 0 Å². The van der Waals surface area contributed by atoms with Gasteiger partial charge in [-0.2, -0.15) is 0 Å². The van der Waals surface area contributed by atoms with Crippen molar-refractivity contribution in [2.45, 2.75) is 17.7 Å². The quantitative estimate of drug-likeness (QED) is 0.779. The van der Waals surface area contributed by atoms with Crippen molar-refractivity contribution < 1.29 is 8.60 Å². The topological polar surface area (TPSA) is 43.1 Å². The van der Waals surface area contributed by atoms with Gasteiger partial charge in [0, 0.05) is 16.3 Å². The van der Waals surface area contributed by atoms with Crippen LogP contribution in [0.5, 0.6) is 0 Å². The van der Waals surface area contributed by atoms with Crippen LogP contribution in [-0.2, 0) is 10.8 Å². The van der Waals surface area contributed by atoms with E-state index in [0.29, 0.717) is 22.3 Å². The van der Waals surface area contributed by atoms with Gasteiger partial charge in [-0.15, -0.1) is 0 Å². The Balaban J connectivity index is 2.17. The maximum Gasteiger partial charge on any atom is 0.126 e. The molecule has 0 saturated heterocycles. The van der Waals surface area contributed by atoms with Crippen molar-refractivity contribution in [2.24, 2.45) is 5.92 Å². The fraction of sp³-hybridized carbons (Fsp3) is 0.400. The number of nitrogens with two attached hydrogens (primary N) is 1. The average Bonchev–Trinajstić information content (AvgIpc) is 2.86. The summed E-state index contributed by atoms with van der Waals surface area (Å²) >= 11 is 0. The third-order valence-corrected chi connectivity index (χ3v) is 3.78. The highest BCUT2D eigenvalue weighted by molar-refractivity contribution is 7.85. The molecule has 0 spiro atoms. The number of rotatable bonds is 3. The van der Waals surface area contributed by atoms with Crippen LogP contribution in [0.3, 0.4) is 0 Å². The van der Waals surface area contributed by atoms with Crippen molar-refractivity contribution >= 4 is 16.5 Å². The van der Waals surface area contributed by atoms with Gasteiger partial charge in [0.2, 0.25) is 0 Å². The number of halogens is 1. The second-order valence-corrected chi connectivity index (χ2v) is 5.17. The van der Waals surface area contributed by atoms with Crippen LogP contribution in [0.25, 0.3) is 0 Å². The normalized spacial score (nSPS) is 18.1. The maximum absolute atomic E-state index is 12.9. The van der Waals surface area contributed by atoms with E-state index in [1.807, 2.05) is 0 Å². The zero-order valence-electron chi connectivity index (χ0n) is 7.70. The zero-order chi connectivity index (χ0) is 10.1. The van der Waals surface area contributed by atoms with Gasteiger partial charge in [0.15, 0.2) is 0 Å². The molecular formula is C10H12FNOS. The molecule has 0 aromatic heterocycles. The first-order valence-electron chi connectivity index (χ1n) is 4.59. The lowest BCUT2D eigenvalue weighted by Gasteiger charge is -2.02. The average molecular weight is 213 g/mol. The molecule has 2 N–H and O–H groups in total. The fourth-order valence-corrected chi connectivity index (χ4v) is 2.78. The molecule has 1 saturated carbocycles. The number of nitrogen functional groups attached to an aromatic ring is 1. The van der Waals surface area contributed by atoms with Gasteiger partial charge in [-0.05, 0) is 37.0 Å². The van der Waals surface area contributed by atoms with Crippen LogP contribution in [0, 0.1) is 11.7 Å². The van der Waals surface area contributed by atoms with Gasteiger partial charge >= 0.3 is 0 Å². The monoisotopic (exact) mass is 213 g/mol. The Bertz CT molecular complexity index is 356. The Morgan fingerprint density at radius 1 is 1.43 bits per heavy atom. The zero-order valence-corrected chi connectivity index (χ0v) is 8.52. The summed E-state index contributed by atoms with van der Waals surface area (Å²) in [6, 6.07) is 4.12. The van der Waals surface area contributed by atoms with E-state index in [2.05, 4.69) is 0 Å². The number of hydrogen-bond donors (Lipinski definition) is 1. The molecule has 0 amide bonds. The van der Waals surface area contributed by atoms with E-state index in [-0.39, 0.29) is 0 Å². The molecule has 1 aliphatic rings. The van der Waals surface area contributed by atoms with Gasteiger partial charge < -0.3 is 5.73 Å². The van der Waals surface area contributed by atoms with Crippen LogP contribution < -0.4 is 5.73 Å². The lowest BCUT2D eigenvalue weighted by Crippen LogP contribution is -2.01. The molecule has 0 aliphatic heterocycles. The second-order valence-electron chi connectivity index (χ2n) is 3.68. The van der Waals surface area contributed by atoms with E-state index in [1.54, 1.807) is 6.07 Å². The molecular weight excluding hydrogens is 201 g/mol. The molecule has 0 bridgehead atoms. The van der Waals surface area contributed by atoms with Gasteiger partial charge in [0.05, 0.1) is 10.8 Å². The SMILES string of the molecule is Nc1cc(F)cc(S(=O)CC2CC2)c1. The standard InChI is InChI=1S/C10H12FNOS/c11-8-3-9(12)5-10(4-8)14(13)6-7-1-2-7/h3-5,7H,1-2,6,12H2. The Labute approximate surface area is 84.8 Å².